The van der Waals surface area contributed by atoms with Crippen LogP contribution in [0.25, 0.3) is 0 Å². The van der Waals surface area contributed by atoms with Crippen molar-refractivity contribution in [1.29, 1.82) is 0 Å². The summed E-state index contributed by atoms with van der Waals surface area (Å²) in [6.45, 7) is 0. The molecule has 0 fully saturated rings. The second-order valence-electron chi connectivity index (χ2n) is 4.04. The molecule has 6 nitrogen and oxygen atoms in total. The predicted octanol–water partition coefficient (Wildman–Crippen LogP) is 2.14. The number of para-hydroxylation sites is 1. The van der Waals surface area contributed by atoms with Gasteiger partial charge in [0.05, 0.1) is 11.3 Å². The monoisotopic (exact) mass is 271 g/mol. The maximum absolute atomic E-state index is 12.1. The van der Waals surface area contributed by atoms with Gasteiger partial charge in [0.2, 0.25) is 0 Å². The van der Waals surface area contributed by atoms with E-state index >= 15 is 0 Å². The van der Waals surface area contributed by atoms with Gasteiger partial charge in [0.15, 0.2) is 0 Å². The minimum absolute atomic E-state index is 0.110. The number of hydrogen-bond donors (Lipinski definition) is 4. The van der Waals surface area contributed by atoms with Crippen molar-refractivity contribution >= 4 is 23.3 Å². The maximum Gasteiger partial charge on any atom is 0.316 e. The molecule has 2 aromatic rings. The van der Waals surface area contributed by atoms with E-state index in [1.54, 1.807) is 36.4 Å². The quantitative estimate of drug-likeness (QED) is 0.643. The second-order valence-corrected chi connectivity index (χ2v) is 4.04. The molecule has 2 aromatic carbocycles. The Morgan fingerprint density at radius 3 is 2.25 bits per heavy atom. The van der Waals surface area contributed by atoms with Gasteiger partial charge < -0.3 is 21.5 Å². The number of benzene rings is 2. The summed E-state index contributed by atoms with van der Waals surface area (Å²) in [6.07, 6.45) is 0. The van der Waals surface area contributed by atoms with Gasteiger partial charge in [-0.05, 0) is 36.4 Å². The molecule has 0 saturated carbocycles. The molecule has 6 heteroatoms. The number of aromatic hydroxyl groups is 1. The lowest BCUT2D eigenvalue weighted by molar-refractivity contribution is 0.102. The van der Waals surface area contributed by atoms with Crippen LogP contribution in [0.2, 0.25) is 0 Å². The molecule has 0 saturated heterocycles. The molecule has 20 heavy (non-hydrogen) atoms. The number of hydrogen-bond acceptors (Lipinski definition) is 3. The summed E-state index contributed by atoms with van der Waals surface area (Å²) < 4.78 is 0. The van der Waals surface area contributed by atoms with Crippen molar-refractivity contribution in [3.05, 3.63) is 54.1 Å². The van der Waals surface area contributed by atoms with Crippen LogP contribution >= 0.6 is 0 Å². The zero-order valence-corrected chi connectivity index (χ0v) is 10.5. The van der Waals surface area contributed by atoms with Crippen molar-refractivity contribution in [2.45, 2.75) is 0 Å². The van der Waals surface area contributed by atoms with Crippen molar-refractivity contribution in [1.82, 2.24) is 0 Å². The molecule has 5 N–H and O–H groups in total. The van der Waals surface area contributed by atoms with Crippen molar-refractivity contribution in [2.24, 2.45) is 5.73 Å². The number of primary amides is 1. The van der Waals surface area contributed by atoms with Crippen molar-refractivity contribution in [2.75, 3.05) is 10.6 Å². The zero-order chi connectivity index (χ0) is 14.5. The highest BCUT2D eigenvalue weighted by molar-refractivity contribution is 6.09. The summed E-state index contributed by atoms with van der Waals surface area (Å²) in [5, 5.41) is 14.2. The van der Waals surface area contributed by atoms with Crippen molar-refractivity contribution in [3.63, 3.8) is 0 Å². The lowest BCUT2D eigenvalue weighted by Gasteiger charge is -2.10. The summed E-state index contributed by atoms with van der Waals surface area (Å²) in [6, 6.07) is 11.8. The van der Waals surface area contributed by atoms with Crippen molar-refractivity contribution < 1.29 is 14.7 Å². The molecule has 0 atom stereocenters. The Balaban J connectivity index is 2.20. The number of carbonyl (C=O) groups excluding carboxylic acids is 2. The first-order chi connectivity index (χ1) is 9.56. The molecular formula is C14H13N3O3. The van der Waals surface area contributed by atoms with E-state index in [1.165, 1.54) is 12.1 Å². The molecule has 2 rings (SSSR count). The minimum atomic E-state index is -0.741. The lowest BCUT2D eigenvalue weighted by atomic mass is 10.1. The fourth-order valence-corrected chi connectivity index (χ4v) is 1.67. The standard InChI is InChI=1S/C14H13N3O3/c15-14(20)17-12-4-2-1-3-11(12)13(19)16-9-5-7-10(18)8-6-9/h1-8,18H,(H,16,19)(H3,15,17,20). The number of phenols is 1. The van der Waals surface area contributed by atoms with E-state index < -0.39 is 6.03 Å². The summed E-state index contributed by atoms with van der Waals surface area (Å²) in [4.78, 5) is 23.0. The number of rotatable bonds is 3. The number of nitrogens with two attached hydrogens (primary N) is 1. The molecule has 0 radical (unpaired) electrons. The van der Waals surface area contributed by atoms with Crippen LogP contribution in [-0.4, -0.2) is 17.0 Å². The highest BCUT2D eigenvalue weighted by atomic mass is 16.3. The topological polar surface area (TPSA) is 104 Å². The van der Waals surface area contributed by atoms with E-state index in [-0.39, 0.29) is 11.7 Å². The van der Waals surface area contributed by atoms with E-state index in [2.05, 4.69) is 10.6 Å². The number of carbonyl (C=O) groups is 2. The van der Waals surface area contributed by atoms with Crippen LogP contribution in [0.15, 0.2) is 48.5 Å². The van der Waals surface area contributed by atoms with Crippen LogP contribution < -0.4 is 16.4 Å². The molecule has 0 unspecified atom stereocenters. The van der Waals surface area contributed by atoms with E-state index in [1.807, 2.05) is 0 Å². The average molecular weight is 271 g/mol. The largest absolute Gasteiger partial charge is 0.508 e. The van der Waals surface area contributed by atoms with Gasteiger partial charge in [-0.25, -0.2) is 4.79 Å². The summed E-state index contributed by atoms with van der Waals surface area (Å²) in [7, 11) is 0. The van der Waals surface area contributed by atoms with Gasteiger partial charge in [0, 0.05) is 5.69 Å². The third-order valence-electron chi connectivity index (χ3n) is 2.55. The first-order valence-electron chi connectivity index (χ1n) is 5.82. The number of phenolic OH excluding ortho intramolecular Hbond substituents is 1. The van der Waals surface area contributed by atoms with Crippen molar-refractivity contribution in [3.8, 4) is 5.75 Å². The minimum Gasteiger partial charge on any atom is -0.508 e. The van der Waals surface area contributed by atoms with E-state index in [9.17, 15) is 14.7 Å². The first-order valence-corrected chi connectivity index (χ1v) is 5.82. The lowest BCUT2D eigenvalue weighted by Crippen LogP contribution is -2.22. The molecule has 0 heterocycles. The number of nitrogens with one attached hydrogen (secondary N) is 2. The first kappa shape index (κ1) is 13.4. The van der Waals surface area contributed by atoms with E-state index in [4.69, 9.17) is 5.73 Å². The van der Waals surface area contributed by atoms with Gasteiger partial charge in [-0.2, -0.15) is 0 Å². The normalized spacial score (nSPS) is 9.80. The molecule has 3 amide bonds. The van der Waals surface area contributed by atoms with Gasteiger partial charge in [-0.15, -0.1) is 0 Å². The Bertz CT molecular complexity index is 638. The second kappa shape index (κ2) is 5.75. The van der Waals surface area contributed by atoms with Crippen LogP contribution in [0.3, 0.4) is 0 Å². The average Bonchev–Trinajstić information content (AvgIpc) is 2.41. The molecule has 0 aromatic heterocycles. The van der Waals surface area contributed by atoms with Gasteiger partial charge in [0.1, 0.15) is 5.75 Å². The molecule has 0 bridgehead atoms. The highest BCUT2D eigenvalue weighted by Gasteiger charge is 2.12. The summed E-state index contributed by atoms with van der Waals surface area (Å²) in [5.74, 6) is -0.279. The highest BCUT2D eigenvalue weighted by Crippen LogP contribution is 2.18. The molecule has 102 valence electrons. The van der Waals surface area contributed by atoms with Crippen LogP contribution in [0.4, 0.5) is 16.2 Å². The molecule has 0 aliphatic carbocycles. The smallest absolute Gasteiger partial charge is 0.316 e. The Morgan fingerprint density at radius 2 is 1.60 bits per heavy atom. The number of urea groups is 1. The third-order valence-corrected chi connectivity index (χ3v) is 2.55. The number of amides is 3. The Kier molecular flexibility index (Phi) is 3.85. The van der Waals surface area contributed by atoms with Crippen LogP contribution in [0.5, 0.6) is 5.75 Å². The maximum atomic E-state index is 12.1. The number of anilines is 2. The molecule has 0 spiro atoms. The Labute approximate surface area is 115 Å². The van der Waals surface area contributed by atoms with Crippen LogP contribution in [-0.2, 0) is 0 Å². The fourth-order valence-electron chi connectivity index (χ4n) is 1.67. The SMILES string of the molecule is NC(=O)Nc1ccccc1C(=O)Nc1ccc(O)cc1. The Morgan fingerprint density at radius 1 is 0.950 bits per heavy atom. The molecule has 0 aliphatic heterocycles. The summed E-state index contributed by atoms with van der Waals surface area (Å²) >= 11 is 0. The van der Waals surface area contributed by atoms with Crippen LogP contribution in [0.1, 0.15) is 10.4 Å². The molecular weight excluding hydrogens is 258 g/mol. The van der Waals surface area contributed by atoms with Gasteiger partial charge in [-0.1, -0.05) is 12.1 Å². The van der Waals surface area contributed by atoms with Crippen LogP contribution in [0, 0.1) is 0 Å². The predicted molar refractivity (Wildman–Crippen MR) is 75.7 cm³/mol. The van der Waals surface area contributed by atoms with E-state index in [0.717, 1.165) is 0 Å². The van der Waals surface area contributed by atoms with E-state index in [0.29, 0.717) is 16.9 Å². The van der Waals surface area contributed by atoms with Gasteiger partial charge in [-0.3, -0.25) is 4.79 Å². The molecule has 0 aliphatic rings. The third kappa shape index (κ3) is 3.26. The fraction of sp³-hybridized carbons (Fsp3) is 0. The summed E-state index contributed by atoms with van der Waals surface area (Å²) in [5.41, 5.74) is 6.20. The zero-order valence-electron chi connectivity index (χ0n) is 10.5. The van der Waals surface area contributed by atoms with Gasteiger partial charge >= 0.3 is 6.03 Å². The van der Waals surface area contributed by atoms with Gasteiger partial charge in [0.25, 0.3) is 5.91 Å². The Hall–Kier alpha value is -3.02.